The summed E-state index contributed by atoms with van der Waals surface area (Å²) in [6.07, 6.45) is 9.03. The highest BCUT2D eigenvalue weighted by atomic mass is 32.2. The second kappa shape index (κ2) is 11.9. The van der Waals surface area contributed by atoms with Gasteiger partial charge in [0.25, 0.3) is 0 Å². The molecule has 1 aliphatic heterocycles. The molecule has 0 saturated heterocycles. The number of carboxylic acids is 1. The Morgan fingerprint density at radius 2 is 1.93 bits per heavy atom. The number of carbonyl (C=O) groups is 2. The first-order valence-corrected chi connectivity index (χ1v) is 12.7. The van der Waals surface area contributed by atoms with Crippen LogP contribution in [0.3, 0.4) is 0 Å². The van der Waals surface area contributed by atoms with Crippen molar-refractivity contribution in [1.82, 2.24) is 10.3 Å². The van der Waals surface area contributed by atoms with Crippen molar-refractivity contribution in [3.8, 4) is 0 Å². The topological polar surface area (TPSA) is 125 Å². The maximum atomic E-state index is 11.8. The SMILES string of the molecule is CS(=O)(=O)CCC(=O)N[C@@H](CCCCCCCc1ccc2c(n1)NCCC2)C(=O)O. The number of carboxylic acid groups (broad SMARTS) is 1. The maximum Gasteiger partial charge on any atom is 0.326 e. The lowest BCUT2D eigenvalue weighted by Crippen LogP contribution is -2.41. The van der Waals surface area contributed by atoms with Crippen molar-refractivity contribution in [2.45, 2.75) is 70.3 Å². The third kappa shape index (κ3) is 9.11. The number of amides is 1. The lowest BCUT2D eigenvalue weighted by molar-refractivity contribution is -0.142. The van der Waals surface area contributed by atoms with Crippen LogP contribution in [-0.2, 0) is 32.3 Å². The van der Waals surface area contributed by atoms with Crippen LogP contribution in [0.15, 0.2) is 12.1 Å². The van der Waals surface area contributed by atoms with Gasteiger partial charge >= 0.3 is 5.97 Å². The maximum absolute atomic E-state index is 11.8. The number of nitrogens with zero attached hydrogens (tertiary/aromatic N) is 1. The van der Waals surface area contributed by atoms with Crippen molar-refractivity contribution in [2.24, 2.45) is 0 Å². The average molecular weight is 440 g/mol. The predicted molar refractivity (Wildman–Crippen MR) is 116 cm³/mol. The predicted octanol–water partition coefficient (Wildman–Crippen LogP) is 2.33. The van der Waals surface area contributed by atoms with E-state index in [-0.39, 0.29) is 12.2 Å². The largest absolute Gasteiger partial charge is 0.480 e. The molecular weight excluding hydrogens is 406 g/mol. The summed E-state index contributed by atoms with van der Waals surface area (Å²) in [4.78, 5) is 27.8. The molecule has 0 unspecified atom stereocenters. The van der Waals surface area contributed by atoms with Gasteiger partial charge in [-0.05, 0) is 43.7 Å². The number of pyridine rings is 1. The highest BCUT2D eigenvalue weighted by Crippen LogP contribution is 2.20. The number of carbonyl (C=O) groups excluding carboxylic acids is 1. The van der Waals surface area contributed by atoms with Crippen LogP contribution in [0.4, 0.5) is 5.82 Å². The van der Waals surface area contributed by atoms with Gasteiger partial charge in [0.2, 0.25) is 5.91 Å². The smallest absolute Gasteiger partial charge is 0.326 e. The Balaban J connectivity index is 1.60. The summed E-state index contributed by atoms with van der Waals surface area (Å²) in [6, 6.07) is 3.31. The highest BCUT2D eigenvalue weighted by molar-refractivity contribution is 7.90. The van der Waals surface area contributed by atoms with Gasteiger partial charge in [0, 0.05) is 24.9 Å². The molecule has 1 amide bonds. The normalized spacial score (nSPS) is 14.4. The van der Waals surface area contributed by atoms with Gasteiger partial charge in [0.15, 0.2) is 0 Å². The second-order valence-electron chi connectivity index (χ2n) is 7.99. The van der Waals surface area contributed by atoms with Crippen LogP contribution in [0.1, 0.15) is 62.6 Å². The van der Waals surface area contributed by atoms with E-state index in [4.69, 9.17) is 4.98 Å². The molecular formula is C21H33N3O5S. The lowest BCUT2D eigenvalue weighted by Gasteiger charge is -2.17. The summed E-state index contributed by atoms with van der Waals surface area (Å²) in [5.74, 6) is -0.882. The molecule has 0 spiro atoms. The zero-order chi connectivity index (χ0) is 22.0. The third-order valence-corrected chi connectivity index (χ3v) is 6.16. The number of aryl methyl sites for hydroxylation is 2. The molecule has 1 aromatic heterocycles. The minimum atomic E-state index is -3.25. The number of nitrogens with one attached hydrogen (secondary N) is 2. The first-order chi connectivity index (χ1) is 14.2. The van der Waals surface area contributed by atoms with E-state index >= 15 is 0 Å². The van der Waals surface area contributed by atoms with Gasteiger partial charge in [-0.1, -0.05) is 31.7 Å². The molecule has 1 atom stereocenters. The van der Waals surface area contributed by atoms with Gasteiger partial charge in [-0.3, -0.25) is 4.79 Å². The van der Waals surface area contributed by atoms with Gasteiger partial charge in [-0.15, -0.1) is 0 Å². The number of fused-ring (bicyclic) bond motifs is 1. The summed E-state index contributed by atoms with van der Waals surface area (Å²) >= 11 is 0. The molecule has 2 heterocycles. The van der Waals surface area contributed by atoms with Crippen molar-refractivity contribution < 1.29 is 23.1 Å². The molecule has 0 aliphatic carbocycles. The molecule has 1 aromatic rings. The first-order valence-electron chi connectivity index (χ1n) is 10.7. The van der Waals surface area contributed by atoms with Crippen molar-refractivity contribution in [3.05, 3.63) is 23.4 Å². The molecule has 9 heteroatoms. The first kappa shape index (κ1) is 24.1. The molecule has 8 nitrogen and oxygen atoms in total. The summed E-state index contributed by atoms with van der Waals surface area (Å²) in [7, 11) is -3.25. The van der Waals surface area contributed by atoms with Crippen LogP contribution < -0.4 is 10.6 Å². The molecule has 0 radical (unpaired) electrons. The van der Waals surface area contributed by atoms with Crippen molar-refractivity contribution in [1.29, 1.82) is 0 Å². The minimum absolute atomic E-state index is 0.213. The molecule has 0 saturated carbocycles. The number of rotatable bonds is 13. The zero-order valence-electron chi connectivity index (χ0n) is 17.7. The van der Waals surface area contributed by atoms with E-state index in [1.165, 1.54) is 5.56 Å². The molecule has 0 fully saturated rings. The van der Waals surface area contributed by atoms with Crippen LogP contribution in [0.25, 0.3) is 0 Å². The van der Waals surface area contributed by atoms with Gasteiger partial charge < -0.3 is 15.7 Å². The van der Waals surface area contributed by atoms with Gasteiger partial charge in [-0.2, -0.15) is 0 Å². The Labute approximate surface area is 178 Å². The Kier molecular flexibility index (Phi) is 9.55. The standard InChI is InChI=1S/C21H33N3O5S/c1-30(28,29)15-13-19(25)24-18(21(26)27)10-6-4-2-3-5-9-17-12-11-16-8-7-14-22-20(16)23-17/h11-12,18H,2-10,13-15H2,1H3,(H,22,23)(H,24,25)(H,26,27)/t18-/m0/s1. The molecule has 30 heavy (non-hydrogen) atoms. The Morgan fingerprint density at radius 1 is 1.20 bits per heavy atom. The van der Waals surface area contributed by atoms with E-state index in [1.54, 1.807) is 0 Å². The number of unbranched alkanes of at least 4 members (excludes halogenated alkanes) is 4. The number of anilines is 1. The quantitative estimate of drug-likeness (QED) is 0.403. The number of hydrogen-bond acceptors (Lipinski definition) is 6. The van der Waals surface area contributed by atoms with Crippen LogP contribution in [0.2, 0.25) is 0 Å². The second-order valence-corrected chi connectivity index (χ2v) is 10.2. The van der Waals surface area contributed by atoms with E-state index in [0.29, 0.717) is 12.8 Å². The van der Waals surface area contributed by atoms with E-state index in [1.807, 2.05) is 0 Å². The summed E-state index contributed by atoms with van der Waals surface area (Å²) in [5, 5.41) is 15.0. The van der Waals surface area contributed by atoms with E-state index in [2.05, 4.69) is 22.8 Å². The van der Waals surface area contributed by atoms with Crippen LogP contribution in [0, 0.1) is 0 Å². The summed E-state index contributed by atoms with van der Waals surface area (Å²) < 4.78 is 22.2. The molecule has 0 bridgehead atoms. The molecule has 1 aliphatic rings. The summed E-state index contributed by atoms with van der Waals surface area (Å²) in [6.45, 7) is 0.985. The lowest BCUT2D eigenvalue weighted by atomic mass is 10.0. The fraction of sp³-hybridized carbons (Fsp3) is 0.667. The van der Waals surface area contributed by atoms with Crippen LogP contribution in [-0.4, -0.2) is 55.0 Å². The Bertz CT molecular complexity index is 826. The Morgan fingerprint density at radius 3 is 2.67 bits per heavy atom. The fourth-order valence-electron chi connectivity index (χ4n) is 3.49. The van der Waals surface area contributed by atoms with Crippen molar-refractivity contribution in [3.63, 3.8) is 0 Å². The number of sulfone groups is 1. The van der Waals surface area contributed by atoms with E-state index in [9.17, 15) is 23.1 Å². The zero-order valence-corrected chi connectivity index (χ0v) is 18.5. The molecule has 2 rings (SSSR count). The van der Waals surface area contributed by atoms with Crippen LogP contribution >= 0.6 is 0 Å². The fourth-order valence-corrected chi connectivity index (χ4v) is 4.05. The van der Waals surface area contributed by atoms with Gasteiger partial charge in [-0.25, -0.2) is 18.2 Å². The molecule has 3 N–H and O–H groups in total. The number of hydrogen-bond donors (Lipinski definition) is 3. The van der Waals surface area contributed by atoms with Crippen LogP contribution in [0.5, 0.6) is 0 Å². The number of aliphatic carboxylic acids is 1. The van der Waals surface area contributed by atoms with Gasteiger partial charge in [0.05, 0.1) is 5.75 Å². The third-order valence-electron chi connectivity index (χ3n) is 5.21. The monoisotopic (exact) mass is 439 g/mol. The van der Waals surface area contributed by atoms with Crippen molar-refractivity contribution in [2.75, 3.05) is 23.9 Å². The molecule has 0 aromatic carbocycles. The minimum Gasteiger partial charge on any atom is -0.480 e. The number of aromatic nitrogens is 1. The van der Waals surface area contributed by atoms with Gasteiger partial charge in [0.1, 0.15) is 21.7 Å². The van der Waals surface area contributed by atoms with E-state index in [0.717, 1.165) is 69.3 Å². The summed E-state index contributed by atoms with van der Waals surface area (Å²) in [5.41, 5.74) is 2.40. The Hall–Kier alpha value is -2.16. The highest BCUT2D eigenvalue weighted by Gasteiger charge is 2.20. The average Bonchev–Trinajstić information content (AvgIpc) is 2.70. The van der Waals surface area contributed by atoms with Crippen molar-refractivity contribution >= 4 is 27.5 Å². The van der Waals surface area contributed by atoms with E-state index < -0.39 is 27.8 Å². The molecule has 168 valence electrons.